The summed E-state index contributed by atoms with van der Waals surface area (Å²) in [5.74, 6) is -0.947. The van der Waals surface area contributed by atoms with E-state index in [0.29, 0.717) is 12.8 Å². The van der Waals surface area contributed by atoms with Gasteiger partial charge in [-0.2, -0.15) is 4.31 Å². The Bertz CT molecular complexity index is 775. The Morgan fingerprint density at radius 1 is 1.32 bits per heavy atom. The third-order valence-corrected chi connectivity index (χ3v) is 6.51. The molecule has 28 heavy (non-hydrogen) atoms. The number of carbonyl (C=O) groups excluding carboxylic acids is 1. The van der Waals surface area contributed by atoms with E-state index in [1.165, 1.54) is 16.4 Å². The number of carbonyl (C=O) groups is 1. The van der Waals surface area contributed by atoms with Gasteiger partial charge in [0.25, 0.3) is 0 Å². The van der Waals surface area contributed by atoms with Crippen molar-refractivity contribution in [1.29, 1.82) is 0 Å². The number of ether oxygens (including phenoxy) is 1. The van der Waals surface area contributed by atoms with Gasteiger partial charge in [0.15, 0.2) is 0 Å². The molecule has 10 heteroatoms. The lowest BCUT2D eigenvalue weighted by molar-refractivity contribution is -0.274. The molecule has 1 N–H and O–H groups in total. The van der Waals surface area contributed by atoms with Gasteiger partial charge < -0.3 is 10.1 Å². The third-order valence-electron chi connectivity index (χ3n) is 4.61. The van der Waals surface area contributed by atoms with Gasteiger partial charge in [0.05, 0.1) is 4.90 Å². The molecule has 1 aromatic rings. The summed E-state index contributed by atoms with van der Waals surface area (Å²) in [5, 5.41) is 2.93. The van der Waals surface area contributed by atoms with Crippen molar-refractivity contribution >= 4 is 15.9 Å². The predicted octanol–water partition coefficient (Wildman–Crippen LogP) is 3.29. The first-order chi connectivity index (χ1) is 13.0. The molecule has 0 aromatic heterocycles. The highest BCUT2D eigenvalue weighted by Gasteiger charge is 2.34. The van der Waals surface area contributed by atoms with Gasteiger partial charge in [-0.05, 0) is 38.3 Å². The summed E-state index contributed by atoms with van der Waals surface area (Å²) in [4.78, 5) is 12.0. The van der Waals surface area contributed by atoms with E-state index in [0.717, 1.165) is 25.0 Å². The van der Waals surface area contributed by atoms with Gasteiger partial charge in [-0.3, -0.25) is 4.79 Å². The molecular weight excluding hydrogens is 397 g/mol. The summed E-state index contributed by atoms with van der Waals surface area (Å²) < 4.78 is 67.5. The molecule has 1 atom stereocenters. The topological polar surface area (TPSA) is 75.7 Å². The molecule has 6 nitrogen and oxygen atoms in total. The predicted molar refractivity (Wildman–Crippen MR) is 97.1 cm³/mol. The maximum atomic E-state index is 12.7. The summed E-state index contributed by atoms with van der Waals surface area (Å²) in [7, 11) is -3.97. The molecule has 158 valence electrons. The third kappa shape index (κ3) is 6.10. The molecule has 0 saturated carbocycles. The van der Waals surface area contributed by atoms with Crippen LogP contribution in [0.2, 0.25) is 0 Å². The minimum atomic E-state index is -4.90. The van der Waals surface area contributed by atoms with Crippen LogP contribution in [0.15, 0.2) is 29.2 Å². The number of sulfonamides is 1. The van der Waals surface area contributed by atoms with Crippen LogP contribution in [-0.2, 0) is 14.8 Å². The van der Waals surface area contributed by atoms with Gasteiger partial charge in [0.2, 0.25) is 15.9 Å². The second kappa shape index (κ2) is 9.13. The van der Waals surface area contributed by atoms with Crippen LogP contribution in [0.1, 0.15) is 39.5 Å². The average Bonchev–Trinajstić information content (AvgIpc) is 2.60. The van der Waals surface area contributed by atoms with E-state index in [-0.39, 0.29) is 35.9 Å². The van der Waals surface area contributed by atoms with Gasteiger partial charge in [-0.25, -0.2) is 8.42 Å². The van der Waals surface area contributed by atoms with Gasteiger partial charge in [-0.15, -0.1) is 13.2 Å². The number of amides is 1. The molecular formula is C18H25F3N2O4S. The van der Waals surface area contributed by atoms with Crippen molar-refractivity contribution in [3.05, 3.63) is 24.3 Å². The van der Waals surface area contributed by atoms with Crippen LogP contribution in [-0.4, -0.2) is 44.1 Å². The first-order valence-electron chi connectivity index (χ1n) is 9.19. The molecule has 1 aliphatic heterocycles. The van der Waals surface area contributed by atoms with Crippen LogP contribution in [0.5, 0.6) is 5.75 Å². The number of nitrogens with zero attached hydrogens (tertiary/aromatic N) is 1. The number of piperidine rings is 1. The van der Waals surface area contributed by atoms with Crippen LogP contribution in [0.3, 0.4) is 0 Å². The number of rotatable bonds is 7. The average molecular weight is 422 g/mol. The van der Waals surface area contributed by atoms with E-state index in [2.05, 4.69) is 10.1 Å². The molecule has 0 spiro atoms. The minimum absolute atomic E-state index is 0.0654. The fourth-order valence-corrected chi connectivity index (χ4v) is 4.71. The standard InChI is InChI=1S/C18H25F3N2O4S/c1-3-5-13(2)22-17(24)14-8-10-23(11-9-14)28(25,26)16-7-4-6-15(12-16)27-18(19,20)21/h4,6-7,12-14H,3,5,8-11H2,1-2H3,(H,22,24)/t13-/m1/s1. The Labute approximate surface area is 163 Å². The zero-order valence-electron chi connectivity index (χ0n) is 15.8. The summed E-state index contributed by atoms with van der Waals surface area (Å²) in [6.07, 6.45) is -2.35. The number of benzene rings is 1. The van der Waals surface area contributed by atoms with Crippen LogP contribution in [0.25, 0.3) is 0 Å². The highest BCUT2D eigenvalue weighted by Crippen LogP contribution is 2.28. The maximum absolute atomic E-state index is 12.7. The Balaban J connectivity index is 2.01. The number of halogens is 3. The summed E-state index contributed by atoms with van der Waals surface area (Å²) in [5.41, 5.74) is 0. The Hall–Kier alpha value is -1.81. The van der Waals surface area contributed by atoms with E-state index in [9.17, 15) is 26.4 Å². The number of hydrogen-bond donors (Lipinski definition) is 1. The lowest BCUT2D eigenvalue weighted by atomic mass is 9.96. The van der Waals surface area contributed by atoms with E-state index >= 15 is 0 Å². The monoisotopic (exact) mass is 422 g/mol. The van der Waals surface area contributed by atoms with Crippen molar-refractivity contribution in [1.82, 2.24) is 9.62 Å². The highest BCUT2D eigenvalue weighted by atomic mass is 32.2. The van der Waals surface area contributed by atoms with E-state index < -0.39 is 22.1 Å². The molecule has 0 aliphatic carbocycles. The van der Waals surface area contributed by atoms with E-state index in [4.69, 9.17) is 0 Å². The Morgan fingerprint density at radius 2 is 1.96 bits per heavy atom. The normalized spacial score (nSPS) is 17.9. The number of nitrogens with one attached hydrogen (secondary N) is 1. The van der Waals surface area contributed by atoms with Crippen LogP contribution in [0.4, 0.5) is 13.2 Å². The van der Waals surface area contributed by atoms with Crippen molar-refractivity contribution in [2.45, 2.75) is 56.8 Å². The molecule has 1 saturated heterocycles. The fourth-order valence-electron chi connectivity index (χ4n) is 3.21. The second-order valence-electron chi connectivity index (χ2n) is 6.90. The lowest BCUT2D eigenvalue weighted by Crippen LogP contribution is -2.44. The Kier molecular flexibility index (Phi) is 7.33. The zero-order chi connectivity index (χ0) is 20.9. The van der Waals surface area contributed by atoms with E-state index in [1.807, 2.05) is 13.8 Å². The quantitative estimate of drug-likeness (QED) is 0.732. The molecule has 1 fully saturated rings. The molecule has 1 aromatic carbocycles. The molecule has 2 rings (SSSR count). The number of alkyl halides is 3. The summed E-state index contributed by atoms with van der Waals surface area (Å²) in [6.45, 7) is 4.22. The first-order valence-corrected chi connectivity index (χ1v) is 10.6. The summed E-state index contributed by atoms with van der Waals surface area (Å²) >= 11 is 0. The molecule has 1 amide bonds. The Morgan fingerprint density at radius 3 is 2.54 bits per heavy atom. The minimum Gasteiger partial charge on any atom is -0.406 e. The van der Waals surface area contributed by atoms with Crippen molar-refractivity contribution in [3.63, 3.8) is 0 Å². The molecule has 0 radical (unpaired) electrons. The highest BCUT2D eigenvalue weighted by molar-refractivity contribution is 7.89. The molecule has 1 aliphatic rings. The fraction of sp³-hybridized carbons (Fsp3) is 0.611. The first kappa shape index (κ1) is 22.5. The van der Waals surface area contributed by atoms with Crippen molar-refractivity contribution < 1.29 is 31.1 Å². The van der Waals surface area contributed by atoms with Crippen molar-refractivity contribution in [3.8, 4) is 5.75 Å². The van der Waals surface area contributed by atoms with Gasteiger partial charge >= 0.3 is 6.36 Å². The van der Waals surface area contributed by atoms with Gasteiger partial charge in [0, 0.05) is 31.1 Å². The SMILES string of the molecule is CCC[C@@H](C)NC(=O)C1CCN(S(=O)(=O)c2cccc(OC(F)(F)F)c2)CC1. The van der Waals surface area contributed by atoms with Gasteiger partial charge in [0.1, 0.15) is 5.75 Å². The van der Waals surface area contributed by atoms with Crippen molar-refractivity contribution in [2.24, 2.45) is 5.92 Å². The smallest absolute Gasteiger partial charge is 0.406 e. The lowest BCUT2D eigenvalue weighted by Gasteiger charge is -2.31. The second-order valence-corrected chi connectivity index (χ2v) is 8.84. The van der Waals surface area contributed by atoms with Gasteiger partial charge in [-0.1, -0.05) is 19.4 Å². The molecule has 0 bridgehead atoms. The largest absolute Gasteiger partial charge is 0.573 e. The molecule has 1 heterocycles. The zero-order valence-corrected chi connectivity index (χ0v) is 16.6. The van der Waals surface area contributed by atoms with Crippen molar-refractivity contribution in [2.75, 3.05) is 13.1 Å². The van der Waals surface area contributed by atoms with Crippen LogP contribution >= 0.6 is 0 Å². The number of hydrogen-bond acceptors (Lipinski definition) is 4. The van der Waals surface area contributed by atoms with Crippen LogP contribution < -0.4 is 10.1 Å². The maximum Gasteiger partial charge on any atom is 0.573 e. The van der Waals surface area contributed by atoms with Crippen LogP contribution in [0, 0.1) is 5.92 Å². The van der Waals surface area contributed by atoms with E-state index in [1.54, 1.807) is 0 Å². The molecule has 0 unspecified atom stereocenters. The summed E-state index contributed by atoms with van der Waals surface area (Å²) in [6, 6.07) is 4.39.